The normalized spacial score (nSPS) is 17.1. The summed E-state index contributed by atoms with van der Waals surface area (Å²) < 4.78 is 0. The molecule has 7 heteroatoms. The Kier molecular flexibility index (Phi) is 6.55. The molecule has 0 aromatic carbocycles. The Balaban J connectivity index is 1.56. The van der Waals surface area contributed by atoms with Crippen LogP contribution >= 0.6 is 11.3 Å². The molecular formula is C20H26N4O2S. The highest BCUT2D eigenvalue weighted by atomic mass is 32.1. The molecule has 0 unspecified atom stereocenters. The molecule has 0 aliphatic carbocycles. The first-order valence-electron chi connectivity index (χ1n) is 9.46. The predicted molar refractivity (Wildman–Crippen MR) is 106 cm³/mol. The molecule has 27 heavy (non-hydrogen) atoms. The summed E-state index contributed by atoms with van der Waals surface area (Å²) in [7, 11) is 0. The lowest BCUT2D eigenvalue weighted by atomic mass is 9.98. The maximum Gasteiger partial charge on any atom is 0.255 e. The summed E-state index contributed by atoms with van der Waals surface area (Å²) in [6.07, 6.45) is 6.07. The third kappa shape index (κ3) is 5.13. The lowest BCUT2D eigenvalue weighted by Gasteiger charge is -2.31. The standard InChI is InChI=1S/C20H26N4O2S/c1-14(2)18(25)22-9-7-17-13-27-19(23-17)16-6-4-10-24(12-16)20(26)15-5-3-8-21-11-15/h3,5,8,11,13-14,16H,4,6-7,9-10,12H2,1-2H3,(H,22,25)/t16-/m1/s1. The number of likely N-dealkylation sites (tertiary alicyclic amines) is 1. The number of hydrogen-bond acceptors (Lipinski definition) is 5. The summed E-state index contributed by atoms with van der Waals surface area (Å²) in [5.41, 5.74) is 1.65. The molecule has 1 aliphatic rings. The van der Waals surface area contributed by atoms with E-state index in [2.05, 4.69) is 15.7 Å². The van der Waals surface area contributed by atoms with Crippen molar-refractivity contribution in [2.75, 3.05) is 19.6 Å². The number of piperidine rings is 1. The van der Waals surface area contributed by atoms with Crippen LogP contribution in [0.1, 0.15) is 53.7 Å². The molecule has 1 atom stereocenters. The minimum atomic E-state index is 0.00145. The highest BCUT2D eigenvalue weighted by molar-refractivity contribution is 7.09. The van der Waals surface area contributed by atoms with Gasteiger partial charge < -0.3 is 10.2 Å². The zero-order valence-electron chi connectivity index (χ0n) is 15.9. The van der Waals surface area contributed by atoms with Crippen LogP contribution in [0.2, 0.25) is 0 Å². The Labute approximate surface area is 164 Å². The number of rotatable bonds is 6. The molecule has 6 nitrogen and oxygen atoms in total. The molecule has 1 aliphatic heterocycles. The van der Waals surface area contributed by atoms with E-state index in [4.69, 9.17) is 4.98 Å². The molecule has 1 saturated heterocycles. The Morgan fingerprint density at radius 2 is 2.26 bits per heavy atom. The SMILES string of the molecule is CC(C)C(=O)NCCc1csc([C@@H]2CCCN(C(=O)c3cccnc3)C2)n1. The number of nitrogens with zero attached hydrogens (tertiary/aromatic N) is 3. The van der Waals surface area contributed by atoms with E-state index in [1.807, 2.05) is 24.8 Å². The summed E-state index contributed by atoms with van der Waals surface area (Å²) >= 11 is 1.66. The summed E-state index contributed by atoms with van der Waals surface area (Å²) in [4.78, 5) is 35.0. The molecule has 2 aromatic rings. The van der Waals surface area contributed by atoms with E-state index in [0.717, 1.165) is 36.5 Å². The Morgan fingerprint density at radius 1 is 1.41 bits per heavy atom. The van der Waals surface area contributed by atoms with E-state index in [1.165, 1.54) is 0 Å². The molecule has 2 amide bonds. The van der Waals surface area contributed by atoms with E-state index in [0.29, 0.717) is 18.7 Å². The molecule has 3 heterocycles. The number of hydrogen-bond donors (Lipinski definition) is 1. The van der Waals surface area contributed by atoms with E-state index >= 15 is 0 Å². The van der Waals surface area contributed by atoms with Crippen molar-refractivity contribution in [1.82, 2.24) is 20.2 Å². The van der Waals surface area contributed by atoms with Crippen molar-refractivity contribution in [3.63, 3.8) is 0 Å². The summed E-state index contributed by atoms with van der Waals surface area (Å²) in [5.74, 6) is 0.396. The summed E-state index contributed by atoms with van der Waals surface area (Å²) in [6, 6.07) is 3.60. The van der Waals surface area contributed by atoms with Crippen molar-refractivity contribution in [2.24, 2.45) is 5.92 Å². The fourth-order valence-corrected chi connectivity index (χ4v) is 4.16. The number of carbonyl (C=O) groups is 2. The molecule has 1 N–H and O–H groups in total. The zero-order chi connectivity index (χ0) is 19.2. The van der Waals surface area contributed by atoms with Crippen LogP contribution in [0.15, 0.2) is 29.9 Å². The lowest BCUT2D eigenvalue weighted by molar-refractivity contribution is -0.123. The lowest BCUT2D eigenvalue weighted by Crippen LogP contribution is -2.39. The predicted octanol–water partition coefficient (Wildman–Crippen LogP) is 2.87. The van der Waals surface area contributed by atoms with Gasteiger partial charge in [-0.15, -0.1) is 11.3 Å². The molecule has 0 saturated carbocycles. The fraction of sp³-hybridized carbons (Fsp3) is 0.500. The van der Waals surface area contributed by atoms with Crippen molar-refractivity contribution in [3.8, 4) is 0 Å². The first kappa shape index (κ1) is 19.5. The highest BCUT2D eigenvalue weighted by Gasteiger charge is 2.27. The Hall–Kier alpha value is -2.28. The fourth-order valence-electron chi connectivity index (χ4n) is 3.18. The number of aromatic nitrogens is 2. The Bertz CT molecular complexity index is 775. The topological polar surface area (TPSA) is 75.2 Å². The average Bonchev–Trinajstić information content (AvgIpc) is 3.17. The van der Waals surface area contributed by atoms with Crippen LogP contribution in [0.4, 0.5) is 0 Å². The molecular weight excluding hydrogens is 360 g/mol. The summed E-state index contributed by atoms with van der Waals surface area (Å²) in [5, 5.41) is 6.08. The van der Waals surface area contributed by atoms with E-state index < -0.39 is 0 Å². The average molecular weight is 387 g/mol. The number of carbonyl (C=O) groups excluding carboxylic acids is 2. The van der Waals surface area contributed by atoms with Crippen molar-refractivity contribution in [3.05, 3.63) is 46.2 Å². The second-order valence-corrected chi connectivity index (χ2v) is 8.09. The third-order valence-electron chi connectivity index (χ3n) is 4.74. The van der Waals surface area contributed by atoms with Crippen molar-refractivity contribution >= 4 is 23.2 Å². The van der Waals surface area contributed by atoms with Crippen LogP contribution in [-0.2, 0) is 11.2 Å². The van der Waals surface area contributed by atoms with Crippen LogP contribution in [0.3, 0.4) is 0 Å². The number of amides is 2. The zero-order valence-corrected chi connectivity index (χ0v) is 16.7. The second-order valence-electron chi connectivity index (χ2n) is 7.20. The first-order valence-corrected chi connectivity index (χ1v) is 10.3. The van der Waals surface area contributed by atoms with Crippen LogP contribution in [0, 0.1) is 5.92 Å². The van der Waals surface area contributed by atoms with Gasteiger partial charge in [0.05, 0.1) is 16.3 Å². The van der Waals surface area contributed by atoms with Crippen LogP contribution in [-0.4, -0.2) is 46.3 Å². The van der Waals surface area contributed by atoms with Crippen LogP contribution in [0.5, 0.6) is 0 Å². The summed E-state index contributed by atoms with van der Waals surface area (Å²) in [6.45, 7) is 5.86. The Morgan fingerprint density at radius 3 is 3.00 bits per heavy atom. The maximum atomic E-state index is 12.7. The van der Waals surface area contributed by atoms with Gasteiger partial charge in [0.2, 0.25) is 5.91 Å². The number of pyridine rings is 1. The molecule has 0 spiro atoms. The minimum absolute atomic E-state index is 0.00145. The largest absolute Gasteiger partial charge is 0.355 e. The highest BCUT2D eigenvalue weighted by Crippen LogP contribution is 2.30. The quantitative estimate of drug-likeness (QED) is 0.828. The molecule has 2 aromatic heterocycles. The maximum absolute atomic E-state index is 12.7. The van der Waals surface area contributed by atoms with Gasteiger partial charge in [-0.1, -0.05) is 13.8 Å². The van der Waals surface area contributed by atoms with Gasteiger partial charge in [-0.05, 0) is 25.0 Å². The van der Waals surface area contributed by atoms with E-state index in [1.54, 1.807) is 29.8 Å². The number of nitrogens with one attached hydrogen (secondary N) is 1. The van der Waals surface area contributed by atoms with Gasteiger partial charge in [-0.25, -0.2) is 4.98 Å². The van der Waals surface area contributed by atoms with Crippen molar-refractivity contribution in [1.29, 1.82) is 0 Å². The second kappa shape index (κ2) is 9.08. The van der Waals surface area contributed by atoms with Gasteiger partial charge in [-0.3, -0.25) is 14.6 Å². The van der Waals surface area contributed by atoms with Crippen LogP contribution < -0.4 is 5.32 Å². The van der Waals surface area contributed by atoms with E-state index in [-0.39, 0.29) is 23.7 Å². The van der Waals surface area contributed by atoms with Crippen LogP contribution in [0.25, 0.3) is 0 Å². The van der Waals surface area contributed by atoms with Crippen molar-refractivity contribution < 1.29 is 9.59 Å². The molecule has 3 rings (SSSR count). The van der Waals surface area contributed by atoms with Gasteiger partial charge >= 0.3 is 0 Å². The first-order chi connectivity index (χ1) is 13.0. The van der Waals surface area contributed by atoms with Gasteiger partial charge in [0.25, 0.3) is 5.91 Å². The van der Waals surface area contributed by atoms with Gasteiger partial charge in [0, 0.05) is 55.7 Å². The minimum Gasteiger partial charge on any atom is -0.355 e. The monoisotopic (exact) mass is 386 g/mol. The smallest absolute Gasteiger partial charge is 0.255 e. The number of thiazole rings is 1. The third-order valence-corrected chi connectivity index (χ3v) is 5.80. The molecule has 0 radical (unpaired) electrons. The van der Waals surface area contributed by atoms with Gasteiger partial charge in [0.1, 0.15) is 0 Å². The molecule has 1 fully saturated rings. The van der Waals surface area contributed by atoms with Crippen molar-refractivity contribution in [2.45, 2.75) is 39.0 Å². The van der Waals surface area contributed by atoms with E-state index in [9.17, 15) is 9.59 Å². The molecule has 0 bridgehead atoms. The van der Waals surface area contributed by atoms with Gasteiger partial charge in [-0.2, -0.15) is 0 Å². The van der Waals surface area contributed by atoms with Gasteiger partial charge in [0.15, 0.2) is 0 Å². The molecule has 144 valence electrons.